The number of aliphatic hydroxyl groups excluding tert-OH is 2. The summed E-state index contributed by atoms with van der Waals surface area (Å²) < 4.78 is 5.88. The van der Waals surface area contributed by atoms with E-state index in [2.05, 4.69) is 80.8 Å². The van der Waals surface area contributed by atoms with Crippen molar-refractivity contribution in [2.24, 2.45) is 0 Å². The average molecular weight is 826 g/mol. The molecule has 342 valence electrons. The Morgan fingerprint density at radius 2 is 0.881 bits per heavy atom. The smallest absolute Gasteiger partial charge is 0.306 e. The highest BCUT2D eigenvalue weighted by Gasteiger charge is 2.24. The predicted molar refractivity (Wildman–Crippen MR) is 255 cm³/mol. The maximum absolute atomic E-state index is 13.2. The Labute approximate surface area is 365 Å². The molecule has 0 aromatic carbocycles. The molecule has 0 aliphatic rings. The molecule has 0 aromatic heterocycles. The quantitative estimate of drug-likeness (QED) is 0.0323. The summed E-state index contributed by atoms with van der Waals surface area (Å²) in [5, 5.41) is 23.7. The Balaban J connectivity index is 4.65. The van der Waals surface area contributed by atoms with Crippen molar-refractivity contribution in [3.63, 3.8) is 0 Å². The normalized spacial score (nSPS) is 13.8. The summed E-state index contributed by atoms with van der Waals surface area (Å²) in [5.41, 5.74) is 0. The van der Waals surface area contributed by atoms with Crippen LogP contribution in [0.5, 0.6) is 0 Å². The highest BCUT2D eigenvalue weighted by molar-refractivity contribution is 5.77. The highest BCUT2D eigenvalue weighted by atomic mass is 16.5. The molecule has 0 heterocycles. The summed E-state index contributed by atoms with van der Waals surface area (Å²) in [6.45, 7) is 6.35. The van der Waals surface area contributed by atoms with Gasteiger partial charge in [-0.25, -0.2) is 0 Å². The van der Waals surface area contributed by atoms with Crippen LogP contribution in [0, 0.1) is 0 Å². The second kappa shape index (κ2) is 46.6. The first kappa shape index (κ1) is 56.6. The fraction of sp³-hybridized carbons (Fsp3) is 0.774. The standard InChI is InChI=1S/C53H95NO5/c1-4-7-10-13-16-19-22-24-25-26-28-31-34-37-40-43-46-53(58)59-49(44-41-38-35-32-29-21-18-15-12-9-6-3)47-52(57)54-50(48-55)51(56)45-42-39-36-33-30-27-23-20-17-14-11-8-5-2/h7,10,16,19,24-25,28,31,37,40,49-51,55-56H,4-6,8-9,11-15,17-18,20-23,26-27,29-30,32-36,38-39,41-48H2,1-3H3,(H,54,57)/b10-7+,19-16+,25-24+,31-28+,40-37+. The van der Waals surface area contributed by atoms with Gasteiger partial charge in [0.15, 0.2) is 0 Å². The second-order valence-electron chi connectivity index (χ2n) is 16.8. The summed E-state index contributed by atoms with van der Waals surface area (Å²) in [6, 6.07) is -0.714. The van der Waals surface area contributed by atoms with E-state index >= 15 is 0 Å². The molecule has 6 heteroatoms. The lowest BCUT2D eigenvalue weighted by Crippen LogP contribution is -2.46. The zero-order valence-corrected chi connectivity index (χ0v) is 38.9. The van der Waals surface area contributed by atoms with E-state index in [9.17, 15) is 19.8 Å². The molecule has 0 fully saturated rings. The minimum atomic E-state index is -0.798. The lowest BCUT2D eigenvalue weighted by atomic mass is 10.0. The van der Waals surface area contributed by atoms with Crippen LogP contribution in [-0.2, 0) is 14.3 Å². The van der Waals surface area contributed by atoms with Gasteiger partial charge in [0.2, 0.25) is 5.91 Å². The molecule has 0 spiro atoms. The van der Waals surface area contributed by atoms with Crippen molar-refractivity contribution >= 4 is 11.9 Å². The number of hydrogen-bond acceptors (Lipinski definition) is 5. The van der Waals surface area contributed by atoms with Crippen LogP contribution >= 0.6 is 0 Å². The number of rotatable bonds is 44. The zero-order chi connectivity index (χ0) is 43.1. The van der Waals surface area contributed by atoms with Gasteiger partial charge in [-0.3, -0.25) is 9.59 Å². The summed E-state index contributed by atoms with van der Waals surface area (Å²) in [4.78, 5) is 26.0. The van der Waals surface area contributed by atoms with E-state index in [-0.39, 0.29) is 31.3 Å². The Morgan fingerprint density at radius 3 is 1.29 bits per heavy atom. The minimum absolute atomic E-state index is 0.0487. The third kappa shape index (κ3) is 42.1. The Kier molecular flexibility index (Phi) is 44.7. The Hall–Kier alpha value is -2.44. The van der Waals surface area contributed by atoms with E-state index in [1.54, 1.807) is 0 Å². The molecule has 3 unspecified atom stereocenters. The number of nitrogens with one attached hydrogen (secondary N) is 1. The fourth-order valence-corrected chi connectivity index (χ4v) is 7.36. The van der Waals surface area contributed by atoms with Crippen molar-refractivity contribution in [2.75, 3.05) is 6.61 Å². The first-order valence-electron chi connectivity index (χ1n) is 25.0. The lowest BCUT2D eigenvalue weighted by molar-refractivity contribution is -0.150. The minimum Gasteiger partial charge on any atom is -0.462 e. The number of ether oxygens (including phenoxy) is 1. The van der Waals surface area contributed by atoms with Crippen LogP contribution in [0.15, 0.2) is 60.8 Å². The molecule has 0 aromatic rings. The third-order valence-electron chi connectivity index (χ3n) is 11.1. The van der Waals surface area contributed by atoms with Crippen molar-refractivity contribution < 1.29 is 24.5 Å². The molecule has 6 nitrogen and oxygen atoms in total. The molecule has 0 bridgehead atoms. The van der Waals surface area contributed by atoms with Crippen molar-refractivity contribution in [1.82, 2.24) is 5.32 Å². The van der Waals surface area contributed by atoms with Gasteiger partial charge in [-0.1, -0.05) is 229 Å². The largest absolute Gasteiger partial charge is 0.462 e. The van der Waals surface area contributed by atoms with Crippen molar-refractivity contribution in [1.29, 1.82) is 0 Å². The summed E-state index contributed by atoms with van der Waals surface area (Å²) in [7, 11) is 0. The van der Waals surface area contributed by atoms with E-state index in [4.69, 9.17) is 4.74 Å². The maximum Gasteiger partial charge on any atom is 0.306 e. The van der Waals surface area contributed by atoms with E-state index in [1.165, 1.54) is 116 Å². The number of aliphatic hydroxyl groups is 2. The van der Waals surface area contributed by atoms with Gasteiger partial charge in [-0.05, 0) is 57.8 Å². The lowest BCUT2D eigenvalue weighted by Gasteiger charge is -2.24. The van der Waals surface area contributed by atoms with Crippen LogP contribution in [0.1, 0.15) is 239 Å². The van der Waals surface area contributed by atoms with Gasteiger partial charge in [0.25, 0.3) is 0 Å². The van der Waals surface area contributed by atoms with Gasteiger partial charge in [0.05, 0.1) is 25.2 Å². The van der Waals surface area contributed by atoms with Gasteiger partial charge >= 0.3 is 5.97 Å². The maximum atomic E-state index is 13.2. The molecule has 1 amide bonds. The van der Waals surface area contributed by atoms with Crippen LogP contribution in [0.25, 0.3) is 0 Å². The molecule has 59 heavy (non-hydrogen) atoms. The van der Waals surface area contributed by atoms with Crippen LogP contribution in [0.4, 0.5) is 0 Å². The molecule has 3 N–H and O–H groups in total. The van der Waals surface area contributed by atoms with Gasteiger partial charge in [-0.15, -0.1) is 0 Å². The summed E-state index contributed by atoms with van der Waals surface area (Å²) in [5.74, 6) is -0.569. The first-order valence-corrected chi connectivity index (χ1v) is 25.0. The molecule has 0 radical (unpaired) electrons. The van der Waals surface area contributed by atoms with Gasteiger partial charge < -0.3 is 20.3 Å². The number of unbranched alkanes of at least 4 members (excludes halogenated alkanes) is 22. The predicted octanol–water partition coefficient (Wildman–Crippen LogP) is 14.8. The number of carbonyl (C=O) groups is 2. The molecular weight excluding hydrogens is 731 g/mol. The monoisotopic (exact) mass is 826 g/mol. The Bertz CT molecular complexity index is 1060. The van der Waals surface area contributed by atoms with Crippen LogP contribution < -0.4 is 5.32 Å². The molecule has 0 rings (SSSR count). The molecule has 0 aliphatic carbocycles. The van der Waals surface area contributed by atoms with Gasteiger partial charge in [-0.2, -0.15) is 0 Å². The van der Waals surface area contributed by atoms with Crippen molar-refractivity contribution in [2.45, 2.75) is 257 Å². The van der Waals surface area contributed by atoms with Crippen LogP contribution in [-0.4, -0.2) is 46.9 Å². The van der Waals surface area contributed by atoms with Crippen molar-refractivity contribution in [3.05, 3.63) is 60.8 Å². The second-order valence-corrected chi connectivity index (χ2v) is 16.8. The van der Waals surface area contributed by atoms with Crippen LogP contribution in [0.3, 0.4) is 0 Å². The molecular formula is C53H95NO5. The van der Waals surface area contributed by atoms with Gasteiger partial charge in [0, 0.05) is 6.42 Å². The number of carbonyl (C=O) groups excluding carboxylic acids is 2. The van der Waals surface area contributed by atoms with E-state index in [1.807, 2.05) is 6.08 Å². The SMILES string of the molecule is CC/C=C/C/C=C/C/C=C/C/C=C/C/C=C/CCC(=O)OC(CCCCCCCCCCCCC)CC(=O)NC(CO)C(O)CCCCCCCCCCCCCCC. The summed E-state index contributed by atoms with van der Waals surface area (Å²) in [6.07, 6.45) is 57.1. The van der Waals surface area contributed by atoms with Gasteiger partial charge in [0.1, 0.15) is 6.10 Å². The average Bonchev–Trinajstić information content (AvgIpc) is 3.23. The summed E-state index contributed by atoms with van der Waals surface area (Å²) >= 11 is 0. The van der Waals surface area contributed by atoms with E-state index in [0.717, 1.165) is 70.6 Å². The zero-order valence-electron chi connectivity index (χ0n) is 38.9. The Morgan fingerprint density at radius 1 is 0.508 bits per heavy atom. The highest BCUT2D eigenvalue weighted by Crippen LogP contribution is 2.17. The van der Waals surface area contributed by atoms with Crippen molar-refractivity contribution in [3.8, 4) is 0 Å². The molecule has 0 saturated heterocycles. The third-order valence-corrected chi connectivity index (χ3v) is 11.1. The molecule has 0 aliphatic heterocycles. The van der Waals surface area contributed by atoms with E-state index in [0.29, 0.717) is 19.3 Å². The topological polar surface area (TPSA) is 95.9 Å². The molecule has 3 atom stereocenters. The first-order chi connectivity index (χ1) is 29.0. The number of hydrogen-bond donors (Lipinski definition) is 3. The van der Waals surface area contributed by atoms with Crippen LogP contribution in [0.2, 0.25) is 0 Å². The molecule has 0 saturated carbocycles. The number of amides is 1. The fourth-order valence-electron chi connectivity index (χ4n) is 7.36. The number of esters is 1. The van der Waals surface area contributed by atoms with E-state index < -0.39 is 18.2 Å². The number of allylic oxidation sites excluding steroid dienone is 10.